The van der Waals surface area contributed by atoms with Crippen molar-refractivity contribution in [3.05, 3.63) is 40.7 Å². The summed E-state index contributed by atoms with van der Waals surface area (Å²) in [4.78, 5) is 0. The largest absolute Gasteiger partial charge is 0.416 e. The van der Waals surface area contributed by atoms with E-state index in [2.05, 4.69) is 20.7 Å². The fraction of sp³-hybridized carbons (Fsp3) is 0.273. The number of rotatable bonds is 2. The average molecular weight is 285 g/mol. The fourth-order valence-electron chi connectivity index (χ4n) is 1.74. The van der Waals surface area contributed by atoms with Crippen LogP contribution < -0.4 is 0 Å². The van der Waals surface area contributed by atoms with E-state index < -0.39 is 11.7 Å². The van der Waals surface area contributed by atoms with Crippen LogP contribution in [0.1, 0.15) is 22.5 Å². The van der Waals surface area contributed by atoms with Crippen molar-refractivity contribution >= 4 is 5.71 Å². The quantitative estimate of drug-likeness (QED) is 0.518. The maximum atomic E-state index is 12.9. The summed E-state index contributed by atoms with van der Waals surface area (Å²) in [5.41, 5.74) is -0.785. The van der Waals surface area contributed by atoms with Crippen molar-refractivity contribution in [2.75, 3.05) is 0 Å². The molecule has 9 heteroatoms. The average Bonchev–Trinajstić information content (AvgIpc) is 2.77. The Hall–Kier alpha value is -2.45. The normalized spacial score (nSPS) is 12.8. The molecule has 1 N–H and O–H groups in total. The molecular weight excluding hydrogens is 275 g/mol. The van der Waals surface area contributed by atoms with E-state index in [1.165, 1.54) is 30.8 Å². The Morgan fingerprint density at radius 1 is 1.35 bits per heavy atom. The zero-order valence-electron chi connectivity index (χ0n) is 10.5. The van der Waals surface area contributed by atoms with Crippen LogP contribution in [0.5, 0.6) is 0 Å². The van der Waals surface area contributed by atoms with Gasteiger partial charge >= 0.3 is 6.18 Å². The molecule has 2 aromatic rings. The highest BCUT2D eigenvalue weighted by molar-refractivity contribution is 6.10. The Morgan fingerprint density at radius 3 is 2.55 bits per heavy atom. The van der Waals surface area contributed by atoms with Gasteiger partial charge in [0, 0.05) is 12.6 Å². The van der Waals surface area contributed by atoms with Crippen LogP contribution in [0.25, 0.3) is 0 Å². The summed E-state index contributed by atoms with van der Waals surface area (Å²) in [5.74, 6) is 0.0597. The van der Waals surface area contributed by atoms with Gasteiger partial charge in [0.2, 0.25) is 5.82 Å². The summed E-state index contributed by atoms with van der Waals surface area (Å²) in [5, 5.41) is 22.5. The second-order valence-electron chi connectivity index (χ2n) is 4.10. The van der Waals surface area contributed by atoms with Gasteiger partial charge in [-0.15, -0.1) is 5.10 Å². The van der Waals surface area contributed by atoms with Gasteiger partial charge in [0.1, 0.15) is 0 Å². The first-order valence-corrected chi connectivity index (χ1v) is 5.47. The van der Waals surface area contributed by atoms with Crippen molar-refractivity contribution in [1.82, 2.24) is 20.2 Å². The van der Waals surface area contributed by atoms with Gasteiger partial charge in [0.25, 0.3) is 0 Å². The number of oxime groups is 1. The predicted molar refractivity (Wildman–Crippen MR) is 62.4 cm³/mol. The van der Waals surface area contributed by atoms with Crippen LogP contribution in [0.15, 0.2) is 23.4 Å². The van der Waals surface area contributed by atoms with Gasteiger partial charge in [0.15, 0.2) is 5.71 Å². The van der Waals surface area contributed by atoms with Crippen LogP contribution >= 0.6 is 0 Å². The zero-order chi connectivity index (χ0) is 14.9. The summed E-state index contributed by atoms with van der Waals surface area (Å²) in [6.45, 7) is 1.35. The molecule has 0 spiro atoms. The Kier molecular flexibility index (Phi) is 3.43. The Labute approximate surface area is 111 Å². The minimum atomic E-state index is -4.49. The standard InChI is InChI=1S/C11H10F3N5O/c1-6-3-4-7(5-8(6)11(12,13)14)9(16-20)10-15-17-18-19(10)2/h3-5,20H,1-2H3/b16-9+. The van der Waals surface area contributed by atoms with E-state index in [1.54, 1.807) is 0 Å². The third-order valence-electron chi connectivity index (χ3n) is 2.75. The Balaban J connectivity index is 2.56. The lowest BCUT2D eigenvalue weighted by Gasteiger charge is -2.12. The van der Waals surface area contributed by atoms with E-state index >= 15 is 0 Å². The molecule has 0 unspecified atom stereocenters. The van der Waals surface area contributed by atoms with E-state index in [0.717, 1.165) is 6.07 Å². The van der Waals surface area contributed by atoms with Gasteiger partial charge in [0.05, 0.1) is 5.56 Å². The fourth-order valence-corrected chi connectivity index (χ4v) is 1.74. The van der Waals surface area contributed by atoms with Gasteiger partial charge < -0.3 is 5.21 Å². The van der Waals surface area contributed by atoms with Crippen molar-refractivity contribution in [2.24, 2.45) is 12.2 Å². The van der Waals surface area contributed by atoms with Crippen LogP contribution in [-0.2, 0) is 13.2 Å². The van der Waals surface area contributed by atoms with Crippen LogP contribution in [0.3, 0.4) is 0 Å². The van der Waals surface area contributed by atoms with Gasteiger partial charge in [-0.05, 0) is 29.0 Å². The molecule has 0 fully saturated rings. The first-order chi connectivity index (χ1) is 9.34. The molecule has 0 aliphatic carbocycles. The number of tetrazole rings is 1. The van der Waals surface area contributed by atoms with Crippen molar-refractivity contribution in [2.45, 2.75) is 13.1 Å². The topological polar surface area (TPSA) is 76.2 Å². The van der Waals surface area contributed by atoms with Gasteiger partial charge in [-0.3, -0.25) is 0 Å². The summed E-state index contributed by atoms with van der Waals surface area (Å²) in [6, 6.07) is 3.61. The molecule has 106 valence electrons. The third kappa shape index (κ3) is 2.46. The molecule has 6 nitrogen and oxygen atoms in total. The Morgan fingerprint density at radius 2 is 2.05 bits per heavy atom. The van der Waals surface area contributed by atoms with E-state index in [-0.39, 0.29) is 22.7 Å². The van der Waals surface area contributed by atoms with Gasteiger partial charge in [-0.1, -0.05) is 17.3 Å². The maximum absolute atomic E-state index is 12.9. The SMILES string of the molecule is Cc1ccc(/C(=N\O)c2nnnn2C)cc1C(F)(F)F. The van der Waals surface area contributed by atoms with Crippen molar-refractivity contribution in [1.29, 1.82) is 0 Å². The minimum absolute atomic E-state index is 0.0597. The number of benzene rings is 1. The van der Waals surface area contributed by atoms with Crippen molar-refractivity contribution < 1.29 is 18.4 Å². The van der Waals surface area contributed by atoms with Crippen LogP contribution in [-0.4, -0.2) is 31.1 Å². The lowest BCUT2D eigenvalue weighted by molar-refractivity contribution is -0.138. The van der Waals surface area contributed by atoms with Crippen molar-refractivity contribution in [3.8, 4) is 0 Å². The summed E-state index contributed by atoms with van der Waals surface area (Å²) >= 11 is 0. The Bertz CT molecular complexity index is 662. The smallest absolute Gasteiger partial charge is 0.410 e. The molecule has 0 amide bonds. The molecule has 2 rings (SSSR count). The second kappa shape index (κ2) is 4.91. The summed E-state index contributed by atoms with van der Waals surface area (Å²) < 4.78 is 39.8. The number of aromatic nitrogens is 4. The molecular formula is C11H10F3N5O. The minimum Gasteiger partial charge on any atom is -0.410 e. The number of hydrogen-bond acceptors (Lipinski definition) is 5. The molecule has 20 heavy (non-hydrogen) atoms. The third-order valence-corrected chi connectivity index (χ3v) is 2.75. The number of aryl methyl sites for hydroxylation is 2. The summed E-state index contributed by atoms with van der Waals surface area (Å²) in [6.07, 6.45) is -4.49. The van der Waals surface area contributed by atoms with E-state index in [0.29, 0.717) is 0 Å². The molecule has 0 radical (unpaired) electrons. The molecule has 1 aromatic heterocycles. The predicted octanol–water partition coefficient (Wildman–Crippen LogP) is 1.76. The second-order valence-corrected chi connectivity index (χ2v) is 4.10. The number of alkyl halides is 3. The molecule has 0 aliphatic rings. The van der Waals surface area contributed by atoms with Crippen LogP contribution in [0.4, 0.5) is 13.2 Å². The maximum Gasteiger partial charge on any atom is 0.416 e. The van der Waals surface area contributed by atoms with Gasteiger partial charge in [-0.25, -0.2) is 4.68 Å². The molecule has 0 saturated heterocycles. The number of nitrogens with zero attached hydrogens (tertiary/aromatic N) is 5. The van der Waals surface area contributed by atoms with Crippen LogP contribution in [0, 0.1) is 6.92 Å². The van der Waals surface area contributed by atoms with Gasteiger partial charge in [-0.2, -0.15) is 13.2 Å². The lowest BCUT2D eigenvalue weighted by Crippen LogP contribution is -2.14. The lowest BCUT2D eigenvalue weighted by atomic mass is 10.0. The van der Waals surface area contributed by atoms with E-state index in [4.69, 9.17) is 5.21 Å². The molecule has 1 aromatic carbocycles. The first-order valence-electron chi connectivity index (χ1n) is 5.47. The summed E-state index contributed by atoms with van der Waals surface area (Å²) in [7, 11) is 1.49. The van der Waals surface area contributed by atoms with Crippen LogP contribution in [0.2, 0.25) is 0 Å². The van der Waals surface area contributed by atoms with E-state index in [1.807, 2.05) is 0 Å². The molecule has 0 atom stereocenters. The highest BCUT2D eigenvalue weighted by atomic mass is 19.4. The zero-order valence-corrected chi connectivity index (χ0v) is 10.5. The highest BCUT2D eigenvalue weighted by Crippen LogP contribution is 2.32. The monoisotopic (exact) mass is 285 g/mol. The highest BCUT2D eigenvalue weighted by Gasteiger charge is 2.33. The van der Waals surface area contributed by atoms with Crippen molar-refractivity contribution in [3.63, 3.8) is 0 Å². The molecule has 1 heterocycles. The number of halogens is 3. The molecule has 0 saturated carbocycles. The molecule has 0 bridgehead atoms. The first kappa shape index (κ1) is 14.0. The number of hydrogen-bond donors (Lipinski definition) is 1. The molecule has 0 aliphatic heterocycles. The van der Waals surface area contributed by atoms with E-state index in [9.17, 15) is 13.2 Å².